The van der Waals surface area contributed by atoms with E-state index in [-0.39, 0.29) is 11.9 Å². The summed E-state index contributed by atoms with van der Waals surface area (Å²) in [6, 6.07) is 3.28. The van der Waals surface area contributed by atoms with Crippen LogP contribution < -0.4 is 5.32 Å². The van der Waals surface area contributed by atoms with Gasteiger partial charge in [-0.1, -0.05) is 11.6 Å². The molecule has 1 N–H and O–H groups in total. The molecule has 0 atom stereocenters. The molecule has 0 spiro atoms. The van der Waals surface area contributed by atoms with E-state index in [1.807, 2.05) is 13.8 Å². The minimum Gasteiger partial charge on any atom is -0.349 e. The Kier molecular flexibility index (Phi) is 3.25. The number of amides is 1. The standard InChI is InChI=1S/C9H11ClN2O/c1-6(2)12-9(13)8-5-7(10)3-4-11-8/h3-6H,1-2H3,(H,12,13). The second-order valence-corrected chi connectivity index (χ2v) is 3.42. The summed E-state index contributed by atoms with van der Waals surface area (Å²) in [6.45, 7) is 3.78. The van der Waals surface area contributed by atoms with Crippen LogP contribution in [0.25, 0.3) is 0 Å². The lowest BCUT2D eigenvalue weighted by Gasteiger charge is -2.07. The maximum Gasteiger partial charge on any atom is 0.270 e. The SMILES string of the molecule is CC(C)NC(=O)c1cc(Cl)ccn1. The van der Waals surface area contributed by atoms with Crippen molar-refractivity contribution >= 4 is 17.5 Å². The summed E-state index contributed by atoms with van der Waals surface area (Å²) >= 11 is 5.71. The van der Waals surface area contributed by atoms with Crippen LogP contribution in [0.1, 0.15) is 24.3 Å². The molecule has 1 rings (SSSR count). The Labute approximate surface area is 82.1 Å². The van der Waals surface area contributed by atoms with Gasteiger partial charge in [-0.2, -0.15) is 0 Å². The monoisotopic (exact) mass is 198 g/mol. The van der Waals surface area contributed by atoms with Gasteiger partial charge in [-0.15, -0.1) is 0 Å². The maximum atomic E-state index is 11.4. The highest BCUT2D eigenvalue weighted by molar-refractivity contribution is 6.30. The van der Waals surface area contributed by atoms with Crippen molar-refractivity contribution in [1.29, 1.82) is 0 Å². The molecule has 70 valence electrons. The van der Waals surface area contributed by atoms with Gasteiger partial charge in [0.25, 0.3) is 5.91 Å². The van der Waals surface area contributed by atoms with Gasteiger partial charge in [0.15, 0.2) is 0 Å². The van der Waals surface area contributed by atoms with Crippen LogP contribution in [0.3, 0.4) is 0 Å². The van der Waals surface area contributed by atoms with Crippen molar-refractivity contribution in [1.82, 2.24) is 10.3 Å². The van der Waals surface area contributed by atoms with Crippen LogP contribution in [0.15, 0.2) is 18.3 Å². The van der Waals surface area contributed by atoms with E-state index >= 15 is 0 Å². The number of nitrogens with one attached hydrogen (secondary N) is 1. The Morgan fingerprint density at radius 1 is 1.62 bits per heavy atom. The zero-order valence-corrected chi connectivity index (χ0v) is 8.30. The molecule has 0 saturated carbocycles. The van der Waals surface area contributed by atoms with Gasteiger partial charge in [0.05, 0.1) is 0 Å². The van der Waals surface area contributed by atoms with Crippen molar-refractivity contribution in [3.8, 4) is 0 Å². The largest absolute Gasteiger partial charge is 0.349 e. The summed E-state index contributed by atoms with van der Waals surface area (Å²) < 4.78 is 0. The van der Waals surface area contributed by atoms with E-state index in [1.165, 1.54) is 6.20 Å². The lowest BCUT2D eigenvalue weighted by atomic mass is 10.3. The molecule has 4 heteroatoms. The van der Waals surface area contributed by atoms with Crippen molar-refractivity contribution in [3.05, 3.63) is 29.0 Å². The zero-order valence-electron chi connectivity index (χ0n) is 7.54. The zero-order chi connectivity index (χ0) is 9.84. The number of aromatic nitrogens is 1. The molecule has 0 bridgehead atoms. The second-order valence-electron chi connectivity index (χ2n) is 2.99. The first-order chi connectivity index (χ1) is 6.09. The van der Waals surface area contributed by atoms with Gasteiger partial charge in [0.2, 0.25) is 0 Å². The first-order valence-corrected chi connectivity index (χ1v) is 4.40. The van der Waals surface area contributed by atoms with Crippen LogP contribution >= 0.6 is 11.6 Å². The molecule has 0 fully saturated rings. The number of carbonyl (C=O) groups excluding carboxylic acids is 1. The molecule has 0 aliphatic rings. The van der Waals surface area contributed by atoms with Crippen LogP contribution in [0, 0.1) is 0 Å². The Balaban J connectivity index is 2.77. The maximum absolute atomic E-state index is 11.4. The smallest absolute Gasteiger partial charge is 0.270 e. The highest BCUT2D eigenvalue weighted by Crippen LogP contribution is 2.07. The van der Waals surface area contributed by atoms with Gasteiger partial charge in [-0.05, 0) is 26.0 Å². The molecule has 1 amide bonds. The molecule has 0 aromatic carbocycles. The van der Waals surface area contributed by atoms with Gasteiger partial charge >= 0.3 is 0 Å². The number of pyridine rings is 1. The molecule has 1 heterocycles. The van der Waals surface area contributed by atoms with Crippen molar-refractivity contribution in [3.63, 3.8) is 0 Å². The fourth-order valence-electron chi connectivity index (χ4n) is 0.865. The first-order valence-electron chi connectivity index (χ1n) is 4.02. The molecule has 1 aromatic rings. The van der Waals surface area contributed by atoms with Crippen LogP contribution in [0.4, 0.5) is 0 Å². The van der Waals surface area contributed by atoms with Crippen molar-refractivity contribution in [2.75, 3.05) is 0 Å². The number of rotatable bonds is 2. The summed E-state index contributed by atoms with van der Waals surface area (Å²) in [5.74, 6) is -0.197. The van der Waals surface area contributed by atoms with Crippen molar-refractivity contribution < 1.29 is 4.79 Å². The summed E-state index contributed by atoms with van der Waals surface area (Å²) in [5.41, 5.74) is 0.348. The number of hydrogen-bond acceptors (Lipinski definition) is 2. The number of carbonyl (C=O) groups is 1. The van der Waals surface area contributed by atoms with Gasteiger partial charge in [0, 0.05) is 17.3 Å². The Hall–Kier alpha value is -1.09. The minimum atomic E-state index is -0.197. The number of hydrogen-bond donors (Lipinski definition) is 1. The molecule has 0 aliphatic heterocycles. The molecular formula is C9H11ClN2O. The third-order valence-corrected chi connectivity index (χ3v) is 1.61. The third kappa shape index (κ3) is 3.03. The van der Waals surface area contributed by atoms with Crippen LogP contribution in [-0.2, 0) is 0 Å². The van der Waals surface area contributed by atoms with E-state index in [0.29, 0.717) is 10.7 Å². The molecule has 1 aromatic heterocycles. The quantitative estimate of drug-likeness (QED) is 0.789. The van der Waals surface area contributed by atoms with Crippen LogP contribution in [-0.4, -0.2) is 16.9 Å². The molecule has 0 unspecified atom stereocenters. The van der Waals surface area contributed by atoms with Gasteiger partial charge in [-0.25, -0.2) is 0 Å². The first kappa shape index (κ1) is 9.99. The highest BCUT2D eigenvalue weighted by Gasteiger charge is 2.07. The number of halogens is 1. The lowest BCUT2D eigenvalue weighted by Crippen LogP contribution is -2.30. The third-order valence-electron chi connectivity index (χ3n) is 1.37. The van der Waals surface area contributed by atoms with E-state index < -0.39 is 0 Å². The van der Waals surface area contributed by atoms with Crippen molar-refractivity contribution in [2.45, 2.75) is 19.9 Å². The fraction of sp³-hybridized carbons (Fsp3) is 0.333. The molecule has 0 saturated heterocycles. The van der Waals surface area contributed by atoms with E-state index in [1.54, 1.807) is 12.1 Å². The highest BCUT2D eigenvalue weighted by atomic mass is 35.5. The van der Waals surface area contributed by atoms with E-state index in [0.717, 1.165) is 0 Å². The summed E-state index contributed by atoms with van der Waals surface area (Å²) in [7, 11) is 0. The lowest BCUT2D eigenvalue weighted by molar-refractivity contribution is 0.0938. The Bertz CT molecular complexity index is 312. The van der Waals surface area contributed by atoms with Crippen LogP contribution in [0.2, 0.25) is 5.02 Å². The number of nitrogens with zero attached hydrogens (tertiary/aromatic N) is 1. The predicted octanol–water partition coefficient (Wildman–Crippen LogP) is 1.87. The van der Waals surface area contributed by atoms with Gasteiger partial charge < -0.3 is 5.32 Å². The average molecular weight is 199 g/mol. The summed E-state index contributed by atoms with van der Waals surface area (Å²) in [4.78, 5) is 15.3. The van der Waals surface area contributed by atoms with Crippen molar-refractivity contribution in [2.24, 2.45) is 0 Å². The average Bonchev–Trinajstić information content (AvgIpc) is 2.03. The Morgan fingerprint density at radius 3 is 2.85 bits per heavy atom. The molecule has 3 nitrogen and oxygen atoms in total. The van der Waals surface area contributed by atoms with Gasteiger partial charge in [0.1, 0.15) is 5.69 Å². The summed E-state index contributed by atoms with van der Waals surface area (Å²) in [5, 5.41) is 3.24. The molecule has 0 radical (unpaired) electrons. The molecular weight excluding hydrogens is 188 g/mol. The van der Waals surface area contributed by atoms with E-state index in [9.17, 15) is 4.79 Å². The fourth-order valence-corrected chi connectivity index (χ4v) is 1.02. The minimum absolute atomic E-state index is 0.105. The van der Waals surface area contributed by atoms with Crippen LogP contribution in [0.5, 0.6) is 0 Å². The molecule has 13 heavy (non-hydrogen) atoms. The van der Waals surface area contributed by atoms with Gasteiger partial charge in [-0.3, -0.25) is 9.78 Å². The van der Waals surface area contributed by atoms with E-state index in [2.05, 4.69) is 10.3 Å². The summed E-state index contributed by atoms with van der Waals surface area (Å²) in [6.07, 6.45) is 1.51. The Morgan fingerprint density at radius 2 is 2.31 bits per heavy atom. The normalized spacial score (nSPS) is 10.2. The second kappa shape index (κ2) is 4.23. The topological polar surface area (TPSA) is 42.0 Å². The molecule has 0 aliphatic carbocycles. The predicted molar refractivity (Wildman–Crippen MR) is 51.8 cm³/mol. The van der Waals surface area contributed by atoms with E-state index in [4.69, 9.17) is 11.6 Å².